The summed E-state index contributed by atoms with van der Waals surface area (Å²) in [7, 11) is 0. The molecule has 0 spiro atoms. The molecule has 0 aliphatic heterocycles. The molecular formula is C18H13F3N4OS. The molecule has 138 valence electrons. The van der Waals surface area contributed by atoms with Crippen LogP contribution in [0.4, 0.5) is 13.2 Å². The van der Waals surface area contributed by atoms with Crippen molar-refractivity contribution in [3.05, 3.63) is 51.6 Å². The maximum absolute atomic E-state index is 13.2. The molecule has 1 aliphatic rings. The number of hydrogen-bond acceptors (Lipinski definition) is 4. The number of hydrogen-bond donors (Lipinski definition) is 1. The SMILES string of the molecule is O=c1[nH]c2ccc(-c3c(C4CCC4)nn4cnc(C(F)(F)F)cc34)cc2s1. The number of fused-ring (bicyclic) bond motifs is 2. The largest absolute Gasteiger partial charge is 0.433 e. The van der Waals surface area contributed by atoms with Crippen LogP contribution in [0.25, 0.3) is 26.9 Å². The number of halogens is 3. The second kappa shape index (κ2) is 5.66. The minimum absolute atomic E-state index is 0.162. The van der Waals surface area contributed by atoms with Crippen LogP contribution in [0.15, 0.2) is 35.4 Å². The third-order valence-corrected chi connectivity index (χ3v) is 5.89. The predicted molar refractivity (Wildman–Crippen MR) is 96.0 cm³/mol. The summed E-state index contributed by atoms with van der Waals surface area (Å²) in [5, 5.41) is 4.54. The normalized spacial score (nSPS) is 15.5. The lowest BCUT2D eigenvalue weighted by atomic mass is 9.80. The van der Waals surface area contributed by atoms with Crippen LogP contribution >= 0.6 is 11.3 Å². The lowest BCUT2D eigenvalue weighted by Gasteiger charge is -2.24. The molecule has 0 atom stereocenters. The van der Waals surface area contributed by atoms with E-state index in [1.807, 2.05) is 12.1 Å². The fraction of sp³-hybridized carbons (Fsp3) is 0.278. The van der Waals surface area contributed by atoms with Gasteiger partial charge in [-0.3, -0.25) is 4.79 Å². The van der Waals surface area contributed by atoms with Crippen LogP contribution in [-0.2, 0) is 6.18 Å². The van der Waals surface area contributed by atoms with Crippen LogP contribution in [-0.4, -0.2) is 19.6 Å². The molecule has 1 aromatic carbocycles. The summed E-state index contributed by atoms with van der Waals surface area (Å²) in [4.78, 5) is 17.7. The van der Waals surface area contributed by atoms with Gasteiger partial charge in [0, 0.05) is 11.5 Å². The number of benzene rings is 1. The van der Waals surface area contributed by atoms with Crippen molar-refractivity contribution in [3.63, 3.8) is 0 Å². The van der Waals surface area contributed by atoms with E-state index in [0.29, 0.717) is 16.6 Å². The quantitative estimate of drug-likeness (QED) is 0.545. The van der Waals surface area contributed by atoms with Gasteiger partial charge in [-0.15, -0.1) is 0 Å². The first-order valence-electron chi connectivity index (χ1n) is 8.49. The van der Waals surface area contributed by atoms with E-state index >= 15 is 0 Å². The zero-order chi connectivity index (χ0) is 18.8. The van der Waals surface area contributed by atoms with Crippen molar-refractivity contribution in [2.24, 2.45) is 0 Å². The van der Waals surface area contributed by atoms with Gasteiger partial charge in [0.15, 0.2) is 0 Å². The van der Waals surface area contributed by atoms with E-state index < -0.39 is 11.9 Å². The fourth-order valence-corrected chi connectivity index (χ4v) is 4.27. The molecule has 1 aliphatic carbocycles. The van der Waals surface area contributed by atoms with Gasteiger partial charge in [0.05, 0.1) is 21.4 Å². The van der Waals surface area contributed by atoms with Crippen molar-refractivity contribution in [2.75, 3.05) is 0 Å². The molecule has 0 saturated heterocycles. The third kappa shape index (κ3) is 2.64. The van der Waals surface area contributed by atoms with E-state index in [0.717, 1.165) is 59.0 Å². The molecule has 1 saturated carbocycles. The first kappa shape index (κ1) is 16.5. The number of aromatic amines is 1. The van der Waals surface area contributed by atoms with Crippen LogP contribution in [0.5, 0.6) is 0 Å². The van der Waals surface area contributed by atoms with Crippen LogP contribution in [0.1, 0.15) is 36.6 Å². The van der Waals surface area contributed by atoms with E-state index in [4.69, 9.17) is 0 Å². The summed E-state index contributed by atoms with van der Waals surface area (Å²) in [6, 6.07) is 6.49. The summed E-state index contributed by atoms with van der Waals surface area (Å²) in [5.74, 6) is 0.231. The van der Waals surface area contributed by atoms with Crippen molar-refractivity contribution in [1.82, 2.24) is 19.6 Å². The highest BCUT2D eigenvalue weighted by atomic mass is 32.1. The maximum atomic E-state index is 13.2. The summed E-state index contributed by atoms with van der Waals surface area (Å²) in [6.07, 6.45) is -0.379. The second-order valence-electron chi connectivity index (χ2n) is 6.72. The van der Waals surface area contributed by atoms with E-state index in [1.165, 1.54) is 4.52 Å². The Morgan fingerprint density at radius 1 is 1.22 bits per heavy atom. The molecular weight excluding hydrogens is 377 g/mol. The van der Waals surface area contributed by atoms with E-state index in [9.17, 15) is 18.0 Å². The van der Waals surface area contributed by atoms with Crippen molar-refractivity contribution >= 4 is 27.1 Å². The average molecular weight is 390 g/mol. The van der Waals surface area contributed by atoms with Crippen molar-refractivity contribution in [2.45, 2.75) is 31.4 Å². The van der Waals surface area contributed by atoms with Crippen LogP contribution < -0.4 is 4.87 Å². The van der Waals surface area contributed by atoms with Gasteiger partial charge >= 0.3 is 11.0 Å². The summed E-state index contributed by atoms with van der Waals surface area (Å²) >= 11 is 1.08. The Morgan fingerprint density at radius 2 is 2.04 bits per heavy atom. The molecule has 0 unspecified atom stereocenters. The Hall–Kier alpha value is -2.68. The predicted octanol–water partition coefficient (Wildman–Crippen LogP) is 4.59. The smallest absolute Gasteiger partial charge is 0.312 e. The van der Waals surface area contributed by atoms with Gasteiger partial charge in [-0.1, -0.05) is 23.8 Å². The van der Waals surface area contributed by atoms with Crippen LogP contribution in [0.3, 0.4) is 0 Å². The molecule has 27 heavy (non-hydrogen) atoms. The Balaban J connectivity index is 1.79. The number of nitrogens with zero attached hydrogens (tertiary/aromatic N) is 3. The standard InChI is InChI=1S/C18H13F3N4OS/c19-18(20,21)14-7-12-15(10-4-5-11-13(6-10)27-17(26)23-11)16(9-2-1-3-9)24-25(12)8-22-14/h4-9H,1-3H2,(H,23,26). The number of rotatable bonds is 2. The molecule has 0 amide bonds. The molecule has 0 bridgehead atoms. The first-order valence-corrected chi connectivity index (χ1v) is 9.30. The summed E-state index contributed by atoms with van der Waals surface area (Å²) in [6.45, 7) is 0. The molecule has 4 aromatic rings. The number of aromatic nitrogens is 4. The highest BCUT2D eigenvalue weighted by Crippen LogP contribution is 2.43. The molecule has 1 N–H and O–H groups in total. The minimum atomic E-state index is -4.52. The van der Waals surface area contributed by atoms with Gasteiger partial charge in [-0.2, -0.15) is 18.3 Å². The fourth-order valence-electron chi connectivity index (χ4n) is 3.49. The van der Waals surface area contributed by atoms with Gasteiger partial charge < -0.3 is 4.98 Å². The number of H-pyrrole nitrogens is 1. The highest BCUT2D eigenvalue weighted by Gasteiger charge is 2.34. The molecule has 0 radical (unpaired) electrons. The second-order valence-corrected chi connectivity index (χ2v) is 7.73. The van der Waals surface area contributed by atoms with E-state index in [-0.39, 0.29) is 10.8 Å². The molecule has 5 rings (SSSR count). The Morgan fingerprint density at radius 3 is 2.74 bits per heavy atom. The zero-order valence-corrected chi connectivity index (χ0v) is 14.7. The monoisotopic (exact) mass is 390 g/mol. The van der Waals surface area contributed by atoms with Crippen molar-refractivity contribution in [1.29, 1.82) is 0 Å². The van der Waals surface area contributed by atoms with Gasteiger partial charge in [0.1, 0.15) is 12.0 Å². The number of nitrogens with one attached hydrogen (secondary N) is 1. The maximum Gasteiger partial charge on any atom is 0.433 e. The number of thiazole rings is 1. The van der Waals surface area contributed by atoms with Crippen molar-refractivity contribution in [3.8, 4) is 11.1 Å². The van der Waals surface area contributed by atoms with E-state index in [2.05, 4.69) is 15.1 Å². The lowest BCUT2D eigenvalue weighted by Crippen LogP contribution is -2.10. The Kier molecular flexibility index (Phi) is 3.45. The average Bonchev–Trinajstić information content (AvgIpc) is 3.10. The topological polar surface area (TPSA) is 63.0 Å². The van der Waals surface area contributed by atoms with Gasteiger partial charge in [-0.25, -0.2) is 9.50 Å². The summed E-state index contributed by atoms with van der Waals surface area (Å²) in [5.41, 5.74) is 2.40. The Labute approximate surface area is 154 Å². The zero-order valence-electron chi connectivity index (χ0n) is 13.9. The minimum Gasteiger partial charge on any atom is -0.312 e. The highest BCUT2D eigenvalue weighted by molar-refractivity contribution is 7.16. The van der Waals surface area contributed by atoms with Gasteiger partial charge in [-0.05, 0) is 36.6 Å². The lowest BCUT2D eigenvalue weighted by molar-refractivity contribution is -0.141. The van der Waals surface area contributed by atoms with Crippen LogP contribution in [0, 0.1) is 0 Å². The van der Waals surface area contributed by atoms with Crippen molar-refractivity contribution < 1.29 is 13.2 Å². The molecule has 5 nitrogen and oxygen atoms in total. The molecule has 3 heterocycles. The van der Waals surface area contributed by atoms with Gasteiger partial charge in [0.2, 0.25) is 0 Å². The Bertz CT molecular complexity index is 1230. The van der Waals surface area contributed by atoms with Gasteiger partial charge in [0.25, 0.3) is 0 Å². The van der Waals surface area contributed by atoms with Crippen LogP contribution in [0.2, 0.25) is 0 Å². The molecule has 9 heteroatoms. The summed E-state index contributed by atoms with van der Waals surface area (Å²) < 4.78 is 41.7. The third-order valence-electron chi connectivity index (χ3n) is 5.05. The van der Waals surface area contributed by atoms with E-state index in [1.54, 1.807) is 6.07 Å². The molecule has 3 aromatic heterocycles. The molecule has 1 fully saturated rings. The number of alkyl halides is 3. The first-order chi connectivity index (χ1) is 12.9.